The molecule has 0 amide bonds. The van der Waals surface area contributed by atoms with Gasteiger partial charge in [-0.15, -0.1) is 0 Å². The molecule has 2 aromatic rings. The van der Waals surface area contributed by atoms with E-state index in [1.807, 2.05) is 25.4 Å². The van der Waals surface area contributed by atoms with Gasteiger partial charge < -0.3 is 10.2 Å². The van der Waals surface area contributed by atoms with E-state index in [4.69, 9.17) is 0 Å². The number of anilines is 1. The fourth-order valence-corrected chi connectivity index (χ4v) is 2.03. The zero-order chi connectivity index (χ0) is 12.8. The molecule has 3 heteroatoms. The summed E-state index contributed by atoms with van der Waals surface area (Å²) in [5.41, 5.74) is 2.51. The lowest BCUT2D eigenvalue weighted by Crippen LogP contribution is -2.20. The Bertz CT molecular complexity index is 482. The van der Waals surface area contributed by atoms with Crippen LogP contribution >= 0.6 is 0 Å². The Morgan fingerprint density at radius 2 is 1.89 bits per heavy atom. The summed E-state index contributed by atoms with van der Waals surface area (Å²) in [5.74, 6) is 1.04. The molecule has 0 radical (unpaired) electrons. The minimum atomic E-state index is 0.836. The van der Waals surface area contributed by atoms with Gasteiger partial charge in [0.1, 0.15) is 5.82 Å². The highest BCUT2D eigenvalue weighted by Gasteiger charge is 2.08. The largest absolute Gasteiger partial charge is 0.355 e. The summed E-state index contributed by atoms with van der Waals surface area (Å²) >= 11 is 0. The van der Waals surface area contributed by atoms with Crippen molar-refractivity contribution < 1.29 is 0 Å². The van der Waals surface area contributed by atoms with E-state index in [-0.39, 0.29) is 0 Å². The SMILES string of the molecule is CNCc1cccnc1N(C)Cc1ccccc1. The molecule has 3 nitrogen and oxygen atoms in total. The van der Waals surface area contributed by atoms with E-state index < -0.39 is 0 Å². The Kier molecular flexibility index (Phi) is 4.31. The summed E-state index contributed by atoms with van der Waals surface area (Å²) in [7, 11) is 4.03. The lowest BCUT2D eigenvalue weighted by molar-refractivity contribution is 0.795. The van der Waals surface area contributed by atoms with Gasteiger partial charge >= 0.3 is 0 Å². The fraction of sp³-hybridized carbons (Fsp3) is 0.267. The highest BCUT2D eigenvalue weighted by atomic mass is 15.2. The number of hydrogen-bond acceptors (Lipinski definition) is 3. The van der Waals surface area contributed by atoms with E-state index in [2.05, 4.69) is 52.6 Å². The van der Waals surface area contributed by atoms with Crippen molar-refractivity contribution in [3.8, 4) is 0 Å². The van der Waals surface area contributed by atoms with Crippen molar-refractivity contribution in [2.75, 3.05) is 19.0 Å². The molecule has 0 saturated carbocycles. The van der Waals surface area contributed by atoms with Gasteiger partial charge in [-0.3, -0.25) is 0 Å². The average molecular weight is 241 g/mol. The maximum Gasteiger partial charge on any atom is 0.133 e. The van der Waals surface area contributed by atoms with Crippen LogP contribution in [0.5, 0.6) is 0 Å². The third kappa shape index (κ3) is 3.08. The number of pyridine rings is 1. The minimum Gasteiger partial charge on any atom is -0.355 e. The predicted molar refractivity (Wildman–Crippen MR) is 75.5 cm³/mol. The van der Waals surface area contributed by atoms with Crippen molar-refractivity contribution in [1.29, 1.82) is 0 Å². The molecule has 18 heavy (non-hydrogen) atoms. The summed E-state index contributed by atoms with van der Waals surface area (Å²) in [6.45, 7) is 1.71. The molecule has 0 saturated heterocycles. The van der Waals surface area contributed by atoms with Crippen LogP contribution in [0.1, 0.15) is 11.1 Å². The second kappa shape index (κ2) is 6.17. The molecular formula is C15H19N3. The van der Waals surface area contributed by atoms with Crippen molar-refractivity contribution in [2.24, 2.45) is 0 Å². The molecule has 0 aliphatic carbocycles. The smallest absolute Gasteiger partial charge is 0.133 e. The summed E-state index contributed by atoms with van der Waals surface area (Å²) < 4.78 is 0. The normalized spacial score (nSPS) is 10.3. The van der Waals surface area contributed by atoms with Crippen LogP contribution in [0, 0.1) is 0 Å². The highest BCUT2D eigenvalue weighted by molar-refractivity contribution is 5.46. The monoisotopic (exact) mass is 241 g/mol. The van der Waals surface area contributed by atoms with Crippen molar-refractivity contribution in [3.63, 3.8) is 0 Å². The van der Waals surface area contributed by atoms with Gasteiger partial charge in [-0.05, 0) is 18.7 Å². The molecule has 1 N–H and O–H groups in total. The quantitative estimate of drug-likeness (QED) is 0.871. The molecule has 2 rings (SSSR count). The standard InChI is InChI=1S/C15H19N3/c1-16-11-14-9-6-10-17-15(14)18(2)12-13-7-4-3-5-8-13/h3-10,16H,11-12H2,1-2H3. The molecule has 1 aromatic carbocycles. The van der Waals surface area contributed by atoms with Crippen LogP contribution in [0.2, 0.25) is 0 Å². The van der Waals surface area contributed by atoms with E-state index in [1.165, 1.54) is 11.1 Å². The van der Waals surface area contributed by atoms with E-state index in [9.17, 15) is 0 Å². The number of benzene rings is 1. The Hall–Kier alpha value is -1.87. The van der Waals surface area contributed by atoms with Crippen LogP contribution in [-0.4, -0.2) is 19.1 Å². The van der Waals surface area contributed by atoms with Crippen molar-refractivity contribution in [2.45, 2.75) is 13.1 Å². The van der Waals surface area contributed by atoms with Gasteiger partial charge in [0.25, 0.3) is 0 Å². The molecule has 0 aliphatic rings. The molecule has 1 heterocycles. The van der Waals surface area contributed by atoms with Crippen molar-refractivity contribution >= 4 is 5.82 Å². The van der Waals surface area contributed by atoms with E-state index in [0.717, 1.165) is 18.9 Å². The zero-order valence-electron chi connectivity index (χ0n) is 10.9. The van der Waals surface area contributed by atoms with E-state index in [1.54, 1.807) is 0 Å². The molecule has 0 unspecified atom stereocenters. The van der Waals surface area contributed by atoms with E-state index >= 15 is 0 Å². The minimum absolute atomic E-state index is 0.836. The number of nitrogens with zero attached hydrogens (tertiary/aromatic N) is 2. The molecule has 0 atom stereocenters. The van der Waals surface area contributed by atoms with Gasteiger partial charge in [-0.1, -0.05) is 36.4 Å². The molecule has 0 fully saturated rings. The Morgan fingerprint density at radius 1 is 1.11 bits per heavy atom. The van der Waals surface area contributed by atoms with Gasteiger partial charge in [-0.2, -0.15) is 0 Å². The second-order valence-corrected chi connectivity index (χ2v) is 4.36. The molecule has 0 spiro atoms. The van der Waals surface area contributed by atoms with Crippen molar-refractivity contribution in [3.05, 3.63) is 59.8 Å². The first-order valence-corrected chi connectivity index (χ1v) is 6.15. The number of nitrogens with one attached hydrogen (secondary N) is 1. The van der Waals surface area contributed by atoms with Gasteiger partial charge in [0.2, 0.25) is 0 Å². The first-order valence-electron chi connectivity index (χ1n) is 6.15. The number of hydrogen-bond donors (Lipinski definition) is 1. The molecule has 1 aromatic heterocycles. The maximum absolute atomic E-state index is 4.48. The fourth-order valence-electron chi connectivity index (χ4n) is 2.03. The van der Waals surface area contributed by atoms with Gasteiger partial charge in [0.15, 0.2) is 0 Å². The topological polar surface area (TPSA) is 28.2 Å². The summed E-state index contributed by atoms with van der Waals surface area (Å²) in [4.78, 5) is 6.66. The number of aromatic nitrogens is 1. The Labute approximate surface area is 108 Å². The molecular weight excluding hydrogens is 222 g/mol. The third-order valence-electron chi connectivity index (χ3n) is 2.86. The second-order valence-electron chi connectivity index (χ2n) is 4.36. The number of rotatable bonds is 5. The van der Waals surface area contributed by atoms with Crippen LogP contribution in [0.15, 0.2) is 48.7 Å². The van der Waals surface area contributed by atoms with Gasteiger partial charge in [-0.25, -0.2) is 4.98 Å². The Morgan fingerprint density at radius 3 is 2.61 bits per heavy atom. The lowest BCUT2D eigenvalue weighted by atomic mass is 10.2. The van der Waals surface area contributed by atoms with Crippen LogP contribution in [-0.2, 0) is 13.1 Å². The average Bonchev–Trinajstić information content (AvgIpc) is 2.41. The van der Waals surface area contributed by atoms with Crippen LogP contribution < -0.4 is 10.2 Å². The molecule has 94 valence electrons. The third-order valence-corrected chi connectivity index (χ3v) is 2.86. The van der Waals surface area contributed by atoms with Gasteiger partial charge in [0, 0.05) is 31.9 Å². The van der Waals surface area contributed by atoms with Crippen LogP contribution in [0.3, 0.4) is 0 Å². The molecule has 0 aliphatic heterocycles. The summed E-state index contributed by atoms with van der Waals surface area (Å²) in [6.07, 6.45) is 1.84. The predicted octanol–water partition coefficient (Wildman–Crippen LogP) is 2.44. The lowest BCUT2D eigenvalue weighted by Gasteiger charge is -2.21. The molecule has 0 bridgehead atoms. The maximum atomic E-state index is 4.48. The summed E-state index contributed by atoms with van der Waals surface area (Å²) in [6, 6.07) is 14.5. The van der Waals surface area contributed by atoms with Crippen molar-refractivity contribution in [1.82, 2.24) is 10.3 Å². The Balaban J connectivity index is 2.16. The highest BCUT2D eigenvalue weighted by Crippen LogP contribution is 2.17. The first-order chi connectivity index (χ1) is 8.81. The van der Waals surface area contributed by atoms with Crippen LogP contribution in [0.25, 0.3) is 0 Å². The van der Waals surface area contributed by atoms with Crippen LogP contribution in [0.4, 0.5) is 5.82 Å². The van der Waals surface area contributed by atoms with Gasteiger partial charge in [0.05, 0.1) is 0 Å². The summed E-state index contributed by atoms with van der Waals surface area (Å²) in [5, 5.41) is 3.18. The van der Waals surface area contributed by atoms with E-state index in [0.29, 0.717) is 0 Å². The zero-order valence-corrected chi connectivity index (χ0v) is 10.9. The first kappa shape index (κ1) is 12.6.